The van der Waals surface area contributed by atoms with Gasteiger partial charge >= 0.3 is 0 Å². The number of aromatic amines is 2. The van der Waals surface area contributed by atoms with Crippen molar-refractivity contribution in [2.24, 2.45) is 0 Å². The number of aliphatic hydroxyl groups excluding tert-OH is 2. The van der Waals surface area contributed by atoms with Crippen LogP contribution >= 0.6 is 0 Å². The highest BCUT2D eigenvalue weighted by Crippen LogP contribution is 2.35. The highest BCUT2D eigenvalue weighted by atomic mass is 16.5. The number of nitrogens with one attached hydrogen (secondary N) is 2. The lowest BCUT2D eigenvalue weighted by molar-refractivity contribution is -0.0134. The summed E-state index contributed by atoms with van der Waals surface area (Å²) < 4.78 is 11.1. The molecular formula is C37H46N8O6. The highest BCUT2D eigenvalue weighted by Gasteiger charge is 2.33. The number of ether oxygens (including phenoxy) is 2. The fraction of sp³-hybridized carbons (Fsp3) is 0.459. The van der Waals surface area contributed by atoms with E-state index in [1.165, 1.54) is 6.20 Å². The normalized spacial score (nSPS) is 17.0. The first kappa shape index (κ1) is 38.7. The lowest BCUT2D eigenvalue weighted by atomic mass is 9.92. The molecule has 2 aliphatic heterocycles. The Kier molecular flexibility index (Phi) is 12.0. The number of pyridine rings is 4. The summed E-state index contributed by atoms with van der Waals surface area (Å²) in [5, 5.41) is 39.6. The Bertz CT molecular complexity index is 2100. The van der Waals surface area contributed by atoms with Crippen molar-refractivity contribution in [3.05, 3.63) is 74.3 Å². The number of H-pyrrole nitrogens is 2. The minimum absolute atomic E-state index is 0. The van der Waals surface area contributed by atoms with E-state index in [-0.39, 0.29) is 41.0 Å². The maximum absolute atomic E-state index is 12.3. The first-order valence-corrected chi connectivity index (χ1v) is 16.4. The first-order chi connectivity index (χ1) is 23.9. The Balaban J connectivity index is 0.000000225. The number of aliphatic hydroxyl groups is 2. The van der Waals surface area contributed by atoms with E-state index in [4.69, 9.17) is 9.47 Å². The van der Waals surface area contributed by atoms with Crippen LogP contribution in [0.3, 0.4) is 0 Å². The van der Waals surface area contributed by atoms with Crippen LogP contribution in [0.5, 0.6) is 0 Å². The molecule has 4 N–H and O–H groups in total. The van der Waals surface area contributed by atoms with Crippen molar-refractivity contribution in [1.82, 2.24) is 19.9 Å². The van der Waals surface area contributed by atoms with E-state index < -0.39 is 18.3 Å². The van der Waals surface area contributed by atoms with E-state index in [0.717, 1.165) is 44.2 Å². The number of nitriles is 2. The van der Waals surface area contributed by atoms with Gasteiger partial charge in [-0.3, -0.25) is 19.6 Å². The van der Waals surface area contributed by atoms with Crippen molar-refractivity contribution in [2.45, 2.75) is 64.3 Å². The van der Waals surface area contributed by atoms with Gasteiger partial charge in [0.1, 0.15) is 29.4 Å². The number of hydrogen-bond donors (Lipinski definition) is 4. The number of hydrogen-bond acceptors (Lipinski definition) is 12. The minimum Gasteiger partial charge on any atom is -0.393 e. The molecule has 6 rings (SSSR count). The van der Waals surface area contributed by atoms with Crippen LogP contribution in [0, 0.1) is 22.7 Å². The van der Waals surface area contributed by atoms with Gasteiger partial charge < -0.3 is 39.5 Å². The van der Waals surface area contributed by atoms with Crippen LogP contribution in [0.15, 0.2) is 40.7 Å². The van der Waals surface area contributed by atoms with Gasteiger partial charge in [0.15, 0.2) is 0 Å². The Morgan fingerprint density at radius 3 is 1.71 bits per heavy atom. The number of piperidine rings is 2. The molecule has 1 atom stereocenters. The number of anilines is 2. The quantitative estimate of drug-likeness (QED) is 0.217. The standard InChI is InChI=1S/C18H22N4O4.C18H20N4O2.CH4/c1-18(26-2)3-5-22(6-4-18)16-11-7-13(15(24)10-23)20-9-14(11)21-17(25)12(16)8-19;1-4-12-9-13-15(11-20-12)21-17(23)14(10-19)16(13)22-7-5-18(2,24-3)6-8-22;/h7,9,15,23-24H,3-6,10H2,1-2H3,(H,21,25);4,9,11H,1,5-8H2,2-3H3,(H,21,23);1H4. The number of nitrogens with zero attached hydrogens (tertiary/aromatic N) is 6. The second kappa shape index (κ2) is 15.8. The van der Waals surface area contributed by atoms with Crippen molar-refractivity contribution in [3.63, 3.8) is 0 Å². The van der Waals surface area contributed by atoms with E-state index in [1.54, 1.807) is 32.6 Å². The maximum atomic E-state index is 12.3. The van der Waals surface area contributed by atoms with Gasteiger partial charge in [0.05, 0.1) is 64.0 Å². The minimum atomic E-state index is -1.12. The van der Waals surface area contributed by atoms with Gasteiger partial charge in [-0.15, -0.1) is 0 Å². The number of methoxy groups -OCH3 is 2. The molecule has 14 heteroatoms. The molecule has 270 valence electrons. The van der Waals surface area contributed by atoms with Crippen molar-refractivity contribution >= 4 is 39.3 Å². The van der Waals surface area contributed by atoms with Crippen LogP contribution in [-0.2, 0) is 9.47 Å². The van der Waals surface area contributed by atoms with Crippen LogP contribution in [0.2, 0.25) is 0 Å². The average Bonchev–Trinajstić information content (AvgIpc) is 3.14. The molecule has 4 aromatic heterocycles. The summed E-state index contributed by atoms with van der Waals surface area (Å²) in [5.74, 6) is 0. The summed E-state index contributed by atoms with van der Waals surface area (Å²) in [5.41, 5.74) is 2.28. The zero-order chi connectivity index (χ0) is 36.2. The topological polar surface area (TPSA) is 204 Å². The summed E-state index contributed by atoms with van der Waals surface area (Å²) in [6.07, 6.45) is 6.78. The van der Waals surface area contributed by atoms with Crippen LogP contribution in [0.4, 0.5) is 11.4 Å². The van der Waals surface area contributed by atoms with Crippen molar-refractivity contribution in [1.29, 1.82) is 10.5 Å². The van der Waals surface area contributed by atoms with E-state index in [9.17, 15) is 30.3 Å². The van der Waals surface area contributed by atoms with Crippen LogP contribution in [0.1, 0.15) is 75.6 Å². The maximum Gasteiger partial charge on any atom is 0.268 e. The van der Waals surface area contributed by atoms with Gasteiger partial charge in [-0.2, -0.15) is 10.5 Å². The fourth-order valence-electron chi connectivity index (χ4n) is 6.45. The molecule has 0 aliphatic carbocycles. The van der Waals surface area contributed by atoms with Crippen molar-refractivity contribution in [3.8, 4) is 12.1 Å². The second-order valence-corrected chi connectivity index (χ2v) is 13.1. The van der Waals surface area contributed by atoms with E-state index in [2.05, 4.69) is 44.4 Å². The lowest BCUT2D eigenvalue weighted by Gasteiger charge is -2.40. The average molecular weight is 699 g/mol. The fourth-order valence-corrected chi connectivity index (χ4v) is 6.45. The molecule has 1 unspecified atom stereocenters. The summed E-state index contributed by atoms with van der Waals surface area (Å²) >= 11 is 0. The Morgan fingerprint density at radius 2 is 1.31 bits per heavy atom. The molecule has 0 saturated carbocycles. The molecule has 4 aromatic rings. The third-order valence-corrected chi connectivity index (χ3v) is 9.99. The van der Waals surface area contributed by atoms with Crippen molar-refractivity contribution < 1.29 is 19.7 Å². The van der Waals surface area contributed by atoms with Gasteiger partial charge in [0, 0.05) is 51.2 Å². The zero-order valence-electron chi connectivity index (χ0n) is 28.7. The molecule has 2 aliphatic rings. The molecule has 0 spiro atoms. The summed E-state index contributed by atoms with van der Waals surface area (Å²) in [6, 6.07) is 7.54. The molecule has 0 aromatic carbocycles. The molecule has 6 heterocycles. The van der Waals surface area contributed by atoms with Crippen molar-refractivity contribution in [2.75, 3.05) is 56.8 Å². The second-order valence-electron chi connectivity index (χ2n) is 13.1. The smallest absolute Gasteiger partial charge is 0.268 e. The Labute approximate surface area is 296 Å². The number of fused-ring (bicyclic) bond motifs is 2. The van der Waals surface area contributed by atoms with Gasteiger partial charge in [-0.05, 0) is 57.7 Å². The molecule has 0 amide bonds. The van der Waals surface area contributed by atoms with E-state index in [1.807, 2.05) is 24.0 Å². The molecule has 51 heavy (non-hydrogen) atoms. The first-order valence-electron chi connectivity index (χ1n) is 16.4. The summed E-state index contributed by atoms with van der Waals surface area (Å²) in [7, 11) is 3.41. The van der Waals surface area contributed by atoms with Gasteiger partial charge in [-0.25, -0.2) is 0 Å². The monoisotopic (exact) mass is 698 g/mol. The van der Waals surface area contributed by atoms with Crippen LogP contribution in [-0.4, -0.2) is 88.4 Å². The van der Waals surface area contributed by atoms with E-state index >= 15 is 0 Å². The predicted octanol–water partition coefficient (Wildman–Crippen LogP) is 3.90. The predicted molar refractivity (Wildman–Crippen MR) is 197 cm³/mol. The number of rotatable bonds is 7. The molecule has 0 radical (unpaired) electrons. The zero-order valence-corrected chi connectivity index (χ0v) is 28.7. The molecule has 2 fully saturated rings. The van der Waals surface area contributed by atoms with E-state index in [0.29, 0.717) is 46.6 Å². The molecule has 14 nitrogen and oxygen atoms in total. The third-order valence-electron chi connectivity index (χ3n) is 9.99. The SMILES string of the molecule is C.C=Cc1cc2c(N3CCC(C)(OC)CC3)c(C#N)c(=O)[nH]c2cn1.COC1(C)CCN(c2c(C#N)c(=O)[nH]c3cnc(C(O)CO)cc23)CC1. The highest BCUT2D eigenvalue weighted by molar-refractivity contribution is 5.95. The van der Waals surface area contributed by atoms with Crippen LogP contribution in [0.25, 0.3) is 27.9 Å². The summed E-state index contributed by atoms with van der Waals surface area (Å²) in [4.78, 5) is 42.5. The molecular weight excluding hydrogens is 652 g/mol. The molecule has 2 saturated heterocycles. The van der Waals surface area contributed by atoms with Gasteiger partial charge in [0.25, 0.3) is 11.1 Å². The lowest BCUT2D eigenvalue weighted by Crippen LogP contribution is -2.44. The Hall–Kier alpha value is -5.12. The van der Waals surface area contributed by atoms with Gasteiger partial charge in [0.2, 0.25) is 0 Å². The summed E-state index contributed by atoms with van der Waals surface area (Å²) in [6.45, 7) is 10.1. The third kappa shape index (κ3) is 7.80. The Morgan fingerprint density at radius 1 is 0.882 bits per heavy atom. The largest absolute Gasteiger partial charge is 0.393 e. The van der Waals surface area contributed by atoms with Crippen LogP contribution < -0.4 is 20.9 Å². The molecule has 0 bridgehead atoms. The van der Waals surface area contributed by atoms with Gasteiger partial charge in [-0.1, -0.05) is 14.0 Å². The number of aromatic nitrogens is 4.